The largest absolute Gasteiger partial charge is 0.481 e. The molecule has 2 atom stereocenters. The Balaban J connectivity index is 1.53. The molecule has 2 aromatic rings. The van der Waals surface area contributed by atoms with E-state index >= 15 is 0 Å². The minimum atomic E-state index is -1.06. The second-order valence-electron chi connectivity index (χ2n) is 6.72. The third-order valence-corrected chi connectivity index (χ3v) is 5.07. The van der Waals surface area contributed by atoms with E-state index in [1.54, 1.807) is 0 Å². The Bertz CT molecular complexity index is 831. The van der Waals surface area contributed by atoms with Crippen LogP contribution in [0.5, 0.6) is 0 Å². The number of carbonyl (C=O) groups is 2. The number of carboxylic acid groups (broad SMARTS) is 1. The first-order valence-corrected chi connectivity index (χ1v) is 8.12. The second kappa shape index (κ2) is 5.66. The van der Waals surface area contributed by atoms with Crippen LogP contribution in [0.2, 0.25) is 0 Å². The van der Waals surface area contributed by atoms with E-state index in [0.717, 1.165) is 11.1 Å². The minimum Gasteiger partial charge on any atom is -0.481 e. The van der Waals surface area contributed by atoms with Crippen molar-refractivity contribution in [1.82, 2.24) is 20.4 Å². The molecule has 1 aromatic carbocycles. The lowest BCUT2D eigenvalue weighted by Crippen LogP contribution is -2.40. The van der Waals surface area contributed by atoms with E-state index in [-0.39, 0.29) is 19.0 Å². The second-order valence-corrected chi connectivity index (χ2v) is 6.72. The quantitative estimate of drug-likeness (QED) is 0.841. The summed E-state index contributed by atoms with van der Waals surface area (Å²) < 4.78 is 5.26. The number of nitrogens with one attached hydrogen (secondary N) is 1. The summed E-state index contributed by atoms with van der Waals surface area (Å²) in [5.41, 5.74) is 0.905. The molecular formula is C17H18N4O4. The highest BCUT2D eigenvalue weighted by molar-refractivity contribution is 5.92. The zero-order valence-corrected chi connectivity index (χ0v) is 13.7. The van der Waals surface area contributed by atoms with Gasteiger partial charge >= 0.3 is 5.97 Å². The number of carbonyl (C=O) groups excluding carboxylic acids is 1. The average molecular weight is 342 g/mol. The van der Waals surface area contributed by atoms with Crippen molar-refractivity contribution in [2.75, 3.05) is 19.6 Å². The summed E-state index contributed by atoms with van der Waals surface area (Å²) >= 11 is 0. The molecule has 2 aliphatic heterocycles. The van der Waals surface area contributed by atoms with Crippen molar-refractivity contribution in [1.29, 1.82) is 0 Å². The number of fused-ring (bicyclic) bond motifs is 1. The maximum Gasteiger partial charge on any atom is 0.313 e. The zero-order chi connectivity index (χ0) is 17.6. The molecule has 0 saturated carbocycles. The van der Waals surface area contributed by atoms with E-state index in [0.29, 0.717) is 24.8 Å². The lowest BCUT2D eigenvalue weighted by Gasteiger charge is -2.21. The third kappa shape index (κ3) is 2.49. The van der Waals surface area contributed by atoms with Gasteiger partial charge < -0.3 is 19.8 Å². The summed E-state index contributed by atoms with van der Waals surface area (Å²) in [6.45, 7) is 2.96. The molecule has 130 valence electrons. The van der Waals surface area contributed by atoms with Gasteiger partial charge in [-0.05, 0) is 6.92 Å². The van der Waals surface area contributed by atoms with E-state index in [1.807, 2.05) is 31.2 Å². The Hall–Kier alpha value is -2.74. The first kappa shape index (κ1) is 15.8. The number of rotatable bonds is 4. The highest BCUT2D eigenvalue weighted by Crippen LogP contribution is 2.40. The highest BCUT2D eigenvalue weighted by Gasteiger charge is 2.60. The Morgan fingerprint density at radius 1 is 1.44 bits per heavy atom. The van der Waals surface area contributed by atoms with Crippen LogP contribution in [0, 0.1) is 18.3 Å². The van der Waals surface area contributed by atoms with Gasteiger partial charge in [0.15, 0.2) is 0 Å². The fourth-order valence-corrected chi connectivity index (χ4v) is 3.62. The Labute approximate surface area is 143 Å². The molecule has 0 unspecified atom stereocenters. The van der Waals surface area contributed by atoms with Crippen molar-refractivity contribution in [2.45, 2.75) is 13.5 Å². The number of likely N-dealkylation sites (tertiary alicyclic amines) is 1. The number of hydrogen-bond acceptors (Lipinski definition) is 6. The van der Waals surface area contributed by atoms with Crippen LogP contribution in [0.25, 0.3) is 11.4 Å². The molecule has 4 rings (SSSR count). The molecule has 8 nitrogen and oxygen atoms in total. The average Bonchev–Trinajstić information content (AvgIpc) is 3.27. The standard InChI is InChI=1S/C17H18N4O4/c1-10-2-4-11(5-3-10)14-19-13(25-20-14)7-21-9-17(16(23)24)8-18-6-12(17)15(21)22/h2-5,12,18H,6-9H2,1H3,(H,23,24)/t12-,17-/m0/s1. The smallest absolute Gasteiger partial charge is 0.313 e. The molecule has 1 amide bonds. The number of carboxylic acids is 1. The monoisotopic (exact) mass is 342 g/mol. The number of aryl methyl sites for hydroxylation is 1. The number of aromatic nitrogens is 2. The summed E-state index contributed by atoms with van der Waals surface area (Å²) in [7, 11) is 0. The van der Waals surface area contributed by atoms with E-state index in [4.69, 9.17) is 4.52 Å². The van der Waals surface area contributed by atoms with E-state index in [1.165, 1.54) is 4.90 Å². The molecule has 0 radical (unpaired) electrons. The molecule has 1 aromatic heterocycles. The van der Waals surface area contributed by atoms with Crippen molar-refractivity contribution in [3.05, 3.63) is 35.7 Å². The van der Waals surface area contributed by atoms with Gasteiger partial charge in [0.05, 0.1) is 5.92 Å². The summed E-state index contributed by atoms with van der Waals surface area (Å²) in [6, 6.07) is 7.72. The van der Waals surface area contributed by atoms with Gasteiger partial charge in [-0.15, -0.1) is 0 Å². The van der Waals surface area contributed by atoms with E-state index < -0.39 is 17.3 Å². The number of hydrogen-bond donors (Lipinski definition) is 2. The molecule has 0 spiro atoms. The number of aliphatic carboxylic acids is 1. The maximum absolute atomic E-state index is 12.5. The Kier molecular flexibility index (Phi) is 3.57. The minimum absolute atomic E-state index is 0.128. The molecule has 25 heavy (non-hydrogen) atoms. The van der Waals surface area contributed by atoms with Crippen molar-refractivity contribution in [3.63, 3.8) is 0 Å². The first-order valence-electron chi connectivity index (χ1n) is 8.12. The van der Waals surface area contributed by atoms with Gasteiger partial charge in [-0.2, -0.15) is 4.98 Å². The van der Waals surface area contributed by atoms with Crippen LogP contribution in [0.4, 0.5) is 0 Å². The van der Waals surface area contributed by atoms with Crippen molar-refractivity contribution in [2.24, 2.45) is 11.3 Å². The van der Waals surface area contributed by atoms with Crippen molar-refractivity contribution in [3.8, 4) is 11.4 Å². The molecule has 0 aliphatic carbocycles. The lowest BCUT2D eigenvalue weighted by molar-refractivity contribution is -0.149. The number of benzene rings is 1. The van der Waals surface area contributed by atoms with Crippen LogP contribution < -0.4 is 5.32 Å². The predicted octanol–water partition coefficient (Wildman–Crippen LogP) is 0.678. The molecule has 8 heteroatoms. The van der Waals surface area contributed by atoms with Crippen molar-refractivity contribution < 1.29 is 19.2 Å². The number of nitrogens with zero attached hydrogens (tertiary/aromatic N) is 3. The maximum atomic E-state index is 12.5. The number of amides is 1. The normalized spacial score (nSPS) is 25.4. The van der Waals surface area contributed by atoms with Crippen LogP contribution in [0.3, 0.4) is 0 Å². The first-order chi connectivity index (χ1) is 12.0. The fraction of sp³-hybridized carbons (Fsp3) is 0.412. The van der Waals surface area contributed by atoms with Gasteiger partial charge in [0.2, 0.25) is 17.6 Å². The van der Waals surface area contributed by atoms with Crippen LogP contribution in [-0.2, 0) is 16.1 Å². The summed E-state index contributed by atoms with van der Waals surface area (Å²) in [5, 5.41) is 16.5. The molecule has 2 N–H and O–H groups in total. The van der Waals surface area contributed by atoms with E-state index in [2.05, 4.69) is 15.5 Å². The summed E-state index contributed by atoms with van der Waals surface area (Å²) in [4.78, 5) is 30.1. The highest BCUT2D eigenvalue weighted by atomic mass is 16.5. The molecule has 2 aliphatic rings. The lowest BCUT2D eigenvalue weighted by atomic mass is 9.81. The van der Waals surface area contributed by atoms with E-state index in [9.17, 15) is 14.7 Å². The molecule has 2 saturated heterocycles. The summed E-state index contributed by atoms with van der Waals surface area (Å²) in [5.74, 6) is -0.898. The van der Waals surface area contributed by atoms with Crippen molar-refractivity contribution >= 4 is 11.9 Å². The van der Waals surface area contributed by atoms with Crippen LogP contribution in [-0.4, -0.2) is 51.7 Å². The Morgan fingerprint density at radius 3 is 2.88 bits per heavy atom. The van der Waals surface area contributed by atoms with Crippen LogP contribution >= 0.6 is 0 Å². The van der Waals surface area contributed by atoms with Gasteiger partial charge in [0, 0.05) is 25.2 Å². The van der Waals surface area contributed by atoms with Gasteiger partial charge in [0.1, 0.15) is 12.0 Å². The SMILES string of the molecule is Cc1ccc(-c2noc(CN3C[C@@]4(C(=O)O)CNC[C@H]4C3=O)n2)cc1. The van der Waals surface area contributed by atoms with Gasteiger partial charge in [-0.25, -0.2) is 0 Å². The zero-order valence-electron chi connectivity index (χ0n) is 13.7. The van der Waals surface area contributed by atoms with Gasteiger partial charge in [-0.3, -0.25) is 9.59 Å². The topological polar surface area (TPSA) is 109 Å². The summed E-state index contributed by atoms with van der Waals surface area (Å²) in [6.07, 6.45) is 0. The third-order valence-electron chi connectivity index (χ3n) is 5.07. The fourth-order valence-electron chi connectivity index (χ4n) is 3.62. The predicted molar refractivity (Wildman–Crippen MR) is 86.3 cm³/mol. The van der Waals surface area contributed by atoms with Gasteiger partial charge in [0.25, 0.3) is 0 Å². The van der Waals surface area contributed by atoms with Gasteiger partial charge in [-0.1, -0.05) is 35.0 Å². The molecule has 0 bridgehead atoms. The molecule has 3 heterocycles. The molecule has 2 fully saturated rings. The molecular weight excluding hydrogens is 324 g/mol. The Morgan fingerprint density at radius 2 is 2.20 bits per heavy atom. The van der Waals surface area contributed by atoms with Crippen LogP contribution in [0.1, 0.15) is 11.5 Å². The van der Waals surface area contributed by atoms with Crippen LogP contribution in [0.15, 0.2) is 28.8 Å².